The van der Waals surface area contributed by atoms with Crippen molar-refractivity contribution in [2.45, 2.75) is 45.4 Å². The van der Waals surface area contributed by atoms with Crippen LogP contribution >= 0.6 is 11.3 Å². The first-order valence-electron chi connectivity index (χ1n) is 12.7. The van der Waals surface area contributed by atoms with Crippen molar-refractivity contribution in [2.75, 3.05) is 11.9 Å². The maximum Gasteiger partial charge on any atom is 0.343 e. The van der Waals surface area contributed by atoms with Gasteiger partial charge < -0.3 is 14.8 Å². The minimum atomic E-state index is -0.950. The van der Waals surface area contributed by atoms with E-state index in [2.05, 4.69) is 28.8 Å². The topological polar surface area (TPSA) is 130 Å². The van der Waals surface area contributed by atoms with Crippen molar-refractivity contribution in [1.29, 1.82) is 5.26 Å². The number of hydrogen-bond donors (Lipinski definition) is 2. The lowest BCUT2D eigenvalue weighted by molar-refractivity contribution is -0.136. The number of esters is 1. The number of carbonyl (C=O) groups is 3. The highest BCUT2D eigenvalue weighted by molar-refractivity contribution is 7.16. The molecule has 200 valence electrons. The molecule has 0 spiro atoms. The fourth-order valence-corrected chi connectivity index (χ4v) is 5.19. The number of amides is 2. The second kappa shape index (κ2) is 13.3. The molecule has 0 radical (unpaired) electrons. The molecule has 2 N–H and O–H groups in total. The van der Waals surface area contributed by atoms with Gasteiger partial charge in [0, 0.05) is 4.88 Å². The summed E-state index contributed by atoms with van der Waals surface area (Å²) in [6, 6.07) is 15.4. The second-order valence-corrected chi connectivity index (χ2v) is 9.97. The Balaban J connectivity index is 1.26. The van der Waals surface area contributed by atoms with Crippen LogP contribution in [0, 0.1) is 11.3 Å². The lowest BCUT2D eigenvalue weighted by atomic mass is 9.96. The first-order chi connectivity index (χ1) is 19.0. The minimum Gasteiger partial charge on any atom is -0.494 e. The third-order valence-corrected chi connectivity index (χ3v) is 7.25. The molecule has 0 fully saturated rings. The fraction of sp³-hybridized carbons (Fsp3) is 0.276. The standard InChI is InChI=1S/C29H28N4O5S/c1-2-3-16-37-21-14-10-20(11-15-21)29(36)38-22-12-8-19(9-13-22)18-31-33-27(35)26(34)32-28-24(17-30)23-6-4-5-7-25(23)39-28/h8-15,18H,2-7,16H2,1H3,(H,32,34)(H,33,35). The highest BCUT2D eigenvalue weighted by Crippen LogP contribution is 2.37. The molecular weight excluding hydrogens is 516 g/mol. The van der Waals surface area contributed by atoms with Gasteiger partial charge in [-0.25, -0.2) is 10.2 Å². The van der Waals surface area contributed by atoms with Crippen molar-refractivity contribution in [3.05, 3.63) is 75.7 Å². The number of anilines is 1. The number of aryl methyl sites for hydroxylation is 1. The van der Waals surface area contributed by atoms with Crippen LogP contribution in [0.15, 0.2) is 53.6 Å². The van der Waals surface area contributed by atoms with E-state index in [0.29, 0.717) is 39.8 Å². The molecule has 0 bridgehead atoms. The molecule has 1 heterocycles. The van der Waals surface area contributed by atoms with E-state index in [9.17, 15) is 19.6 Å². The van der Waals surface area contributed by atoms with Crippen LogP contribution in [0.3, 0.4) is 0 Å². The Labute approximate surface area is 230 Å². The van der Waals surface area contributed by atoms with Crippen molar-refractivity contribution in [3.8, 4) is 17.6 Å². The van der Waals surface area contributed by atoms with E-state index in [-0.39, 0.29) is 0 Å². The molecule has 4 rings (SSSR count). The number of hydrogen-bond acceptors (Lipinski definition) is 8. The number of carbonyl (C=O) groups excluding carboxylic acids is 3. The molecule has 2 aromatic carbocycles. The number of unbranched alkanes of at least 4 members (excludes halogenated alkanes) is 1. The first kappa shape index (κ1) is 27.5. The van der Waals surface area contributed by atoms with Crippen molar-refractivity contribution in [3.63, 3.8) is 0 Å². The first-order valence-corrected chi connectivity index (χ1v) is 13.5. The number of hydrazone groups is 1. The Morgan fingerprint density at radius 3 is 2.46 bits per heavy atom. The van der Waals surface area contributed by atoms with E-state index in [0.717, 1.165) is 49.0 Å². The van der Waals surface area contributed by atoms with Gasteiger partial charge in [-0.2, -0.15) is 10.4 Å². The van der Waals surface area contributed by atoms with Gasteiger partial charge >= 0.3 is 17.8 Å². The molecule has 0 aliphatic heterocycles. The van der Waals surface area contributed by atoms with Crippen LogP contribution < -0.4 is 20.2 Å². The van der Waals surface area contributed by atoms with Crippen LogP contribution in [0.4, 0.5) is 5.00 Å². The smallest absolute Gasteiger partial charge is 0.343 e. The number of fused-ring (bicyclic) bond motifs is 1. The summed E-state index contributed by atoms with van der Waals surface area (Å²) in [5.41, 5.74) is 4.61. The monoisotopic (exact) mass is 544 g/mol. The third-order valence-electron chi connectivity index (χ3n) is 6.04. The molecule has 10 heteroatoms. The highest BCUT2D eigenvalue weighted by Gasteiger charge is 2.23. The number of nitriles is 1. The van der Waals surface area contributed by atoms with Crippen molar-refractivity contribution in [2.24, 2.45) is 5.10 Å². The molecule has 1 aliphatic carbocycles. The number of rotatable bonds is 9. The Morgan fingerprint density at radius 2 is 1.74 bits per heavy atom. The van der Waals surface area contributed by atoms with Crippen molar-refractivity contribution >= 4 is 40.3 Å². The maximum absolute atomic E-state index is 12.4. The van der Waals surface area contributed by atoms with E-state index < -0.39 is 17.8 Å². The van der Waals surface area contributed by atoms with Crippen molar-refractivity contribution in [1.82, 2.24) is 5.43 Å². The van der Waals surface area contributed by atoms with Gasteiger partial charge in [-0.1, -0.05) is 13.3 Å². The van der Waals surface area contributed by atoms with Gasteiger partial charge in [0.25, 0.3) is 0 Å². The molecule has 1 aromatic heterocycles. The molecular formula is C29H28N4O5S. The Morgan fingerprint density at radius 1 is 1.03 bits per heavy atom. The quantitative estimate of drug-likeness (QED) is 0.0975. The Hall–Kier alpha value is -4.49. The Kier molecular flexibility index (Phi) is 9.43. The van der Waals surface area contributed by atoms with Gasteiger partial charge in [-0.15, -0.1) is 11.3 Å². The Bertz CT molecular complexity index is 1410. The molecule has 0 unspecified atom stereocenters. The van der Waals surface area contributed by atoms with Gasteiger partial charge in [-0.05, 0) is 91.8 Å². The van der Waals surface area contributed by atoms with Crippen LogP contribution in [-0.2, 0) is 22.4 Å². The SMILES string of the molecule is CCCCOc1ccc(C(=O)Oc2ccc(C=NNC(=O)C(=O)Nc3sc4c(c3C#N)CCCC4)cc2)cc1. The average Bonchev–Trinajstić information content (AvgIpc) is 3.31. The lowest BCUT2D eigenvalue weighted by Crippen LogP contribution is -2.32. The minimum absolute atomic E-state index is 0.343. The summed E-state index contributed by atoms with van der Waals surface area (Å²) in [6.07, 6.45) is 7.11. The molecule has 1 aliphatic rings. The molecule has 9 nitrogen and oxygen atoms in total. The summed E-state index contributed by atoms with van der Waals surface area (Å²) in [6.45, 7) is 2.72. The van der Waals surface area contributed by atoms with Crippen molar-refractivity contribution < 1.29 is 23.9 Å². The van der Waals surface area contributed by atoms with Gasteiger partial charge in [0.05, 0.1) is 23.9 Å². The predicted molar refractivity (Wildman–Crippen MR) is 148 cm³/mol. The van der Waals surface area contributed by atoms with Gasteiger partial charge in [0.1, 0.15) is 22.6 Å². The van der Waals surface area contributed by atoms with Crippen LogP contribution in [0.25, 0.3) is 0 Å². The fourth-order valence-electron chi connectivity index (χ4n) is 3.96. The summed E-state index contributed by atoms with van der Waals surface area (Å²) in [5, 5.41) is 16.3. The summed E-state index contributed by atoms with van der Waals surface area (Å²) in [5.74, 6) is -1.30. The molecule has 3 aromatic rings. The molecule has 39 heavy (non-hydrogen) atoms. The number of nitrogens with one attached hydrogen (secondary N) is 2. The zero-order valence-corrected chi connectivity index (χ0v) is 22.3. The maximum atomic E-state index is 12.4. The summed E-state index contributed by atoms with van der Waals surface area (Å²) >= 11 is 1.35. The van der Waals surface area contributed by atoms with Crippen LogP contribution in [0.5, 0.6) is 11.5 Å². The third kappa shape index (κ3) is 7.30. The van der Waals surface area contributed by atoms with Crippen LogP contribution in [-0.4, -0.2) is 30.6 Å². The summed E-state index contributed by atoms with van der Waals surface area (Å²) in [4.78, 5) is 38.0. The van der Waals surface area contributed by atoms with Crippen LogP contribution in [0.2, 0.25) is 0 Å². The van der Waals surface area contributed by atoms with Gasteiger partial charge in [-0.3, -0.25) is 9.59 Å². The zero-order valence-electron chi connectivity index (χ0n) is 21.5. The molecule has 0 saturated carbocycles. The number of nitrogens with zero attached hydrogens (tertiary/aromatic N) is 2. The number of ether oxygens (including phenoxy) is 2. The molecule has 0 saturated heterocycles. The summed E-state index contributed by atoms with van der Waals surface area (Å²) in [7, 11) is 0. The van der Waals surface area contributed by atoms with E-state index in [1.807, 2.05) is 0 Å². The predicted octanol–water partition coefficient (Wildman–Crippen LogP) is 4.99. The average molecular weight is 545 g/mol. The van der Waals surface area contributed by atoms with E-state index in [1.165, 1.54) is 17.6 Å². The van der Waals surface area contributed by atoms with Gasteiger partial charge in [0.15, 0.2) is 0 Å². The lowest BCUT2D eigenvalue weighted by Gasteiger charge is -2.09. The van der Waals surface area contributed by atoms with E-state index in [1.54, 1.807) is 48.5 Å². The second-order valence-electron chi connectivity index (χ2n) is 8.87. The summed E-state index contributed by atoms with van der Waals surface area (Å²) < 4.78 is 11.0. The molecule has 2 amide bonds. The number of thiophene rings is 1. The van der Waals surface area contributed by atoms with E-state index >= 15 is 0 Å². The normalized spacial score (nSPS) is 12.3. The van der Waals surface area contributed by atoms with E-state index in [4.69, 9.17) is 9.47 Å². The largest absolute Gasteiger partial charge is 0.494 e. The molecule has 0 atom stereocenters. The number of benzene rings is 2. The highest BCUT2D eigenvalue weighted by atomic mass is 32.1. The zero-order chi connectivity index (χ0) is 27.6. The van der Waals surface area contributed by atoms with Crippen LogP contribution in [0.1, 0.15) is 64.5 Å². The van der Waals surface area contributed by atoms with Gasteiger partial charge in [0.2, 0.25) is 0 Å².